The standard InChI is InChI=1S/C6H7BrN4S/c7-1-2-12-6-10-4(8)3-5(9)11-6/h1-3H,(H4,8,9,10,11). The highest BCUT2D eigenvalue weighted by molar-refractivity contribution is 9.11. The van der Waals surface area contributed by atoms with Crippen molar-refractivity contribution in [1.29, 1.82) is 0 Å². The molecule has 0 saturated carbocycles. The highest BCUT2D eigenvalue weighted by Gasteiger charge is 1.97. The van der Waals surface area contributed by atoms with E-state index in [1.165, 1.54) is 17.8 Å². The zero-order valence-electron chi connectivity index (χ0n) is 6.07. The fourth-order valence-corrected chi connectivity index (χ4v) is 1.41. The SMILES string of the molecule is Nc1cc(N)nc(SC=CBr)n1. The second-order valence-corrected chi connectivity index (χ2v) is 3.28. The molecule has 0 unspecified atom stereocenters. The van der Waals surface area contributed by atoms with E-state index < -0.39 is 0 Å². The van der Waals surface area contributed by atoms with Crippen LogP contribution >= 0.6 is 27.7 Å². The molecule has 0 bridgehead atoms. The lowest BCUT2D eigenvalue weighted by atomic mass is 10.5. The van der Waals surface area contributed by atoms with E-state index in [4.69, 9.17) is 11.5 Å². The normalized spacial score (nSPS) is 10.8. The molecular weight excluding hydrogens is 240 g/mol. The van der Waals surface area contributed by atoms with Gasteiger partial charge in [-0.2, -0.15) is 0 Å². The first-order chi connectivity index (χ1) is 5.72. The van der Waals surface area contributed by atoms with Gasteiger partial charge in [0.05, 0.1) is 0 Å². The Morgan fingerprint density at radius 2 is 1.92 bits per heavy atom. The summed E-state index contributed by atoms with van der Waals surface area (Å²) in [7, 11) is 0. The molecule has 0 saturated heterocycles. The summed E-state index contributed by atoms with van der Waals surface area (Å²) in [6.45, 7) is 0. The lowest BCUT2D eigenvalue weighted by molar-refractivity contribution is 0.989. The van der Waals surface area contributed by atoms with Crippen molar-refractivity contribution >= 4 is 39.3 Å². The van der Waals surface area contributed by atoms with E-state index in [1.807, 2.05) is 0 Å². The molecule has 1 heterocycles. The minimum Gasteiger partial charge on any atom is -0.383 e. The third-order valence-corrected chi connectivity index (χ3v) is 2.25. The van der Waals surface area contributed by atoms with Gasteiger partial charge in [0.15, 0.2) is 5.16 Å². The molecule has 0 aliphatic heterocycles. The van der Waals surface area contributed by atoms with E-state index in [1.54, 1.807) is 10.4 Å². The van der Waals surface area contributed by atoms with Gasteiger partial charge in [0, 0.05) is 6.07 Å². The van der Waals surface area contributed by atoms with E-state index in [2.05, 4.69) is 25.9 Å². The molecule has 1 rings (SSSR count). The van der Waals surface area contributed by atoms with Crippen molar-refractivity contribution in [3.63, 3.8) is 0 Å². The van der Waals surface area contributed by atoms with E-state index in [0.717, 1.165) is 0 Å². The van der Waals surface area contributed by atoms with Crippen molar-refractivity contribution in [3.8, 4) is 0 Å². The quantitative estimate of drug-likeness (QED) is 0.613. The molecule has 64 valence electrons. The van der Waals surface area contributed by atoms with Gasteiger partial charge >= 0.3 is 0 Å². The van der Waals surface area contributed by atoms with Crippen LogP contribution in [0.1, 0.15) is 0 Å². The first-order valence-corrected chi connectivity index (χ1v) is 4.84. The Balaban J connectivity index is 2.85. The van der Waals surface area contributed by atoms with Crippen LogP contribution < -0.4 is 11.5 Å². The van der Waals surface area contributed by atoms with Gasteiger partial charge in [-0.05, 0) is 10.4 Å². The average Bonchev–Trinajstić information content (AvgIpc) is 1.99. The Bertz CT molecular complexity index is 281. The maximum Gasteiger partial charge on any atom is 0.195 e. The van der Waals surface area contributed by atoms with E-state index in [-0.39, 0.29) is 0 Å². The zero-order valence-corrected chi connectivity index (χ0v) is 8.47. The monoisotopic (exact) mass is 246 g/mol. The van der Waals surface area contributed by atoms with Crippen LogP contribution in [-0.4, -0.2) is 9.97 Å². The molecule has 0 aromatic carbocycles. The molecule has 0 atom stereocenters. The molecule has 1 aromatic heterocycles. The summed E-state index contributed by atoms with van der Waals surface area (Å²) in [5.74, 6) is 0.765. The van der Waals surface area contributed by atoms with Crippen LogP contribution in [0, 0.1) is 0 Å². The number of aromatic nitrogens is 2. The lowest BCUT2D eigenvalue weighted by Crippen LogP contribution is -1.98. The number of hydrogen-bond acceptors (Lipinski definition) is 5. The first-order valence-electron chi connectivity index (χ1n) is 3.04. The number of nitrogen functional groups attached to an aromatic ring is 2. The second-order valence-electron chi connectivity index (χ2n) is 1.88. The molecule has 6 heteroatoms. The maximum absolute atomic E-state index is 5.45. The summed E-state index contributed by atoms with van der Waals surface area (Å²) in [4.78, 5) is 9.61. The molecular formula is C6H7BrN4S. The van der Waals surface area contributed by atoms with Crippen molar-refractivity contribution in [3.05, 3.63) is 16.5 Å². The van der Waals surface area contributed by atoms with Crippen LogP contribution in [0.5, 0.6) is 0 Å². The number of nitrogens with zero attached hydrogens (tertiary/aromatic N) is 2. The van der Waals surface area contributed by atoms with Gasteiger partial charge in [-0.3, -0.25) is 0 Å². The second kappa shape index (κ2) is 4.32. The van der Waals surface area contributed by atoms with Crippen LogP contribution in [0.4, 0.5) is 11.6 Å². The van der Waals surface area contributed by atoms with Gasteiger partial charge in [-0.25, -0.2) is 9.97 Å². The molecule has 4 N–H and O–H groups in total. The predicted octanol–water partition coefficient (Wildman–Crippen LogP) is 1.60. The molecule has 0 fully saturated rings. The summed E-state index contributed by atoms with van der Waals surface area (Å²) in [5.41, 5.74) is 10.9. The van der Waals surface area contributed by atoms with Crippen molar-refractivity contribution in [2.24, 2.45) is 0 Å². The van der Waals surface area contributed by atoms with Gasteiger partial charge in [0.25, 0.3) is 0 Å². The van der Waals surface area contributed by atoms with E-state index >= 15 is 0 Å². The minimum atomic E-state index is 0.382. The summed E-state index contributed by atoms with van der Waals surface area (Å²) in [6.07, 6.45) is 0. The number of nitrogens with two attached hydrogens (primary N) is 2. The van der Waals surface area contributed by atoms with Crippen molar-refractivity contribution in [1.82, 2.24) is 9.97 Å². The van der Waals surface area contributed by atoms with Gasteiger partial charge in [0.1, 0.15) is 11.6 Å². The summed E-state index contributed by atoms with van der Waals surface area (Å²) >= 11 is 4.46. The van der Waals surface area contributed by atoms with Crippen molar-refractivity contribution in [2.75, 3.05) is 11.5 Å². The van der Waals surface area contributed by atoms with E-state index in [9.17, 15) is 0 Å². The summed E-state index contributed by atoms with van der Waals surface area (Å²) in [6, 6.07) is 1.52. The van der Waals surface area contributed by atoms with Crippen LogP contribution in [0.25, 0.3) is 0 Å². The van der Waals surface area contributed by atoms with Gasteiger partial charge < -0.3 is 11.5 Å². The van der Waals surface area contributed by atoms with Gasteiger partial charge in [-0.15, -0.1) is 0 Å². The average molecular weight is 247 g/mol. The topological polar surface area (TPSA) is 77.8 Å². The molecule has 0 amide bonds. The van der Waals surface area contributed by atoms with Crippen LogP contribution in [0.2, 0.25) is 0 Å². The molecule has 12 heavy (non-hydrogen) atoms. The van der Waals surface area contributed by atoms with Crippen molar-refractivity contribution in [2.45, 2.75) is 5.16 Å². The van der Waals surface area contributed by atoms with E-state index in [0.29, 0.717) is 16.8 Å². The van der Waals surface area contributed by atoms with Gasteiger partial charge in [-0.1, -0.05) is 27.7 Å². The third kappa shape index (κ3) is 2.71. The molecule has 0 aliphatic rings. The largest absolute Gasteiger partial charge is 0.383 e. The number of rotatable bonds is 2. The Morgan fingerprint density at radius 1 is 1.33 bits per heavy atom. The number of thioether (sulfide) groups is 1. The Hall–Kier alpha value is -0.750. The predicted molar refractivity (Wildman–Crippen MR) is 54.8 cm³/mol. The molecule has 0 aliphatic carbocycles. The molecule has 1 aromatic rings. The van der Waals surface area contributed by atoms with Crippen LogP contribution in [0.15, 0.2) is 21.6 Å². The number of halogens is 1. The summed E-state index contributed by atoms with van der Waals surface area (Å²) < 4.78 is 0. The highest BCUT2D eigenvalue weighted by atomic mass is 79.9. The minimum absolute atomic E-state index is 0.382. The van der Waals surface area contributed by atoms with Crippen molar-refractivity contribution < 1.29 is 0 Å². The fraction of sp³-hybridized carbons (Fsp3) is 0. The number of hydrogen-bond donors (Lipinski definition) is 2. The Morgan fingerprint density at radius 3 is 2.42 bits per heavy atom. The highest BCUT2D eigenvalue weighted by Crippen LogP contribution is 2.17. The summed E-state index contributed by atoms with van der Waals surface area (Å²) in [5, 5.41) is 2.33. The Labute approximate surface area is 82.6 Å². The lowest BCUT2D eigenvalue weighted by Gasteiger charge is -1.98. The molecule has 0 spiro atoms. The molecule has 4 nitrogen and oxygen atoms in total. The maximum atomic E-state index is 5.45. The Kier molecular flexibility index (Phi) is 3.36. The fourth-order valence-electron chi connectivity index (χ4n) is 0.601. The van der Waals surface area contributed by atoms with Crippen LogP contribution in [0.3, 0.4) is 0 Å². The zero-order chi connectivity index (χ0) is 8.97. The number of anilines is 2. The van der Waals surface area contributed by atoms with Gasteiger partial charge in [0.2, 0.25) is 0 Å². The van der Waals surface area contributed by atoms with Crippen LogP contribution in [-0.2, 0) is 0 Å². The smallest absolute Gasteiger partial charge is 0.195 e. The third-order valence-electron chi connectivity index (χ3n) is 0.970. The first kappa shape index (κ1) is 9.34. The molecule has 0 radical (unpaired) electrons.